The third-order valence-corrected chi connectivity index (χ3v) is 6.10. The number of amides is 3. The van der Waals surface area contributed by atoms with Crippen LogP contribution in [0.3, 0.4) is 0 Å². The van der Waals surface area contributed by atoms with Crippen molar-refractivity contribution < 1.29 is 14.4 Å². The van der Waals surface area contributed by atoms with Gasteiger partial charge in [-0.2, -0.15) is 0 Å². The van der Waals surface area contributed by atoms with Gasteiger partial charge in [0.25, 0.3) is 0 Å². The van der Waals surface area contributed by atoms with Gasteiger partial charge in [0, 0.05) is 4.88 Å². The van der Waals surface area contributed by atoms with Crippen molar-refractivity contribution in [1.82, 2.24) is 10.2 Å². The number of benzene rings is 1. The van der Waals surface area contributed by atoms with E-state index in [0.717, 1.165) is 15.3 Å². The molecule has 2 heterocycles. The van der Waals surface area contributed by atoms with Gasteiger partial charge in [0.05, 0.1) is 17.9 Å². The molecule has 0 spiro atoms. The minimum atomic E-state index is -0.328. The summed E-state index contributed by atoms with van der Waals surface area (Å²) in [4.78, 5) is 40.0. The molecule has 6 heteroatoms. The smallest absolute Gasteiger partial charge is 0.240 e. The van der Waals surface area contributed by atoms with Gasteiger partial charge in [0.15, 0.2) is 0 Å². The second-order valence-corrected chi connectivity index (χ2v) is 7.82. The van der Waals surface area contributed by atoms with Gasteiger partial charge in [0.1, 0.15) is 6.54 Å². The van der Waals surface area contributed by atoms with Crippen molar-refractivity contribution in [3.8, 4) is 0 Å². The lowest BCUT2D eigenvalue weighted by Gasteiger charge is -2.20. The third kappa shape index (κ3) is 3.45. The van der Waals surface area contributed by atoms with E-state index in [4.69, 9.17) is 0 Å². The molecule has 4 rings (SSSR count). The van der Waals surface area contributed by atoms with Crippen LogP contribution >= 0.6 is 11.3 Å². The topological polar surface area (TPSA) is 66.5 Å². The molecule has 1 aliphatic carbocycles. The Bertz CT molecular complexity index is 850. The molecule has 1 N–H and O–H groups in total. The van der Waals surface area contributed by atoms with Gasteiger partial charge in [-0.05, 0) is 29.9 Å². The Morgan fingerprint density at radius 2 is 1.70 bits per heavy atom. The molecule has 27 heavy (non-hydrogen) atoms. The van der Waals surface area contributed by atoms with Crippen LogP contribution in [-0.4, -0.2) is 29.2 Å². The highest BCUT2D eigenvalue weighted by atomic mass is 32.1. The fourth-order valence-electron chi connectivity index (χ4n) is 3.79. The summed E-state index contributed by atoms with van der Waals surface area (Å²) in [6.07, 6.45) is 5.04. The quantitative estimate of drug-likeness (QED) is 0.641. The van der Waals surface area contributed by atoms with E-state index >= 15 is 0 Å². The summed E-state index contributed by atoms with van der Waals surface area (Å²) in [7, 11) is 0. The first-order valence-electron chi connectivity index (χ1n) is 9.03. The van der Waals surface area contributed by atoms with E-state index in [9.17, 15) is 14.4 Å². The molecule has 2 aromatic rings. The molecule has 1 saturated heterocycles. The summed E-state index contributed by atoms with van der Waals surface area (Å²) in [5.74, 6) is -1.39. The number of hydrogen-bond acceptors (Lipinski definition) is 4. The Balaban J connectivity index is 1.49. The average Bonchev–Trinajstić information content (AvgIpc) is 3.31. The summed E-state index contributed by atoms with van der Waals surface area (Å²) in [6.45, 7) is -0.223. The summed E-state index contributed by atoms with van der Waals surface area (Å²) >= 11 is 1.56. The lowest BCUT2D eigenvalue weighted by atomic mass is 9.85. The van der Waals surface area contributed by atoms with E-state index in [1.54, 1.807) is 11.3 Å². The molecule has 138 valence electrons. The van der Waals surface area contributed by atoms with Crippen LogP contribution < -0.4 is 5.32 Å². The second kappa shape index (κ2) is 7.48. The molecule has 0 saturated carbocycles. The summed E-state index contributed by atoms with van der Waals surface area (Å²) in [6, 6.07) is 13.3. The maximum absolute atomic E-state index is 12.7. The van der Waals surface area contributed by atoms with Crippen molar-refractivity contribution in [2.45, 2.75) is 18.9 Å². The molecular formula is C21H20N2O3S. The van der Waals surface area contributed by atoms with Crippen molar-refractivity contribution in [3.05, 3.63) is 70.4 Å². The molecule has 1 aromatic heterocycles. The molecular weight excluding hydrogens is 360 g/mol. The molecule has 0 bridgehead atoms. The van der Waals surface area contributed by atoms with Gasteiger partial charge in [-0.3, -0.25) is 19.3 Å². The molecule has 1 aromatic carbocycles. The predicted molar refractivity (Wildman–Crippen MR) is 103 cm³/mol. The number of imide groups is 1. The van der Waals surface area contributed by atoms with Gasteiger partial charge in [-0.1, -0.05) is 48.6 Å². The SMILES string of the molecule is O=C(CN1C(=O)[C@H]2CC=CC[C@@H]2C1=O)N[C@H](c1ccccc1)c1cccs1. The van der Waals surface area contributed by atoms with Gasteiger partial charge < -0.3 is 5.32 Å². The summed E-state index contributed by atoms with van der Waals surface area (Å²) in [5.41, 5.74) is 0.963. The van der Waals surface area contributed by atoms with Gasteiger partial charge >= 0.3 is 0 Å². The number of hydrogen-bond donors (Lipinski definition) is 1. The van der Waals surface area contributed by atoms with E-state index in [1.165, 1.54) is 0 Å². The molecule has 5 nitrogen and oxygen atoms in total. The third-order valence-electron chi connectivity index (χ3n) is 5.17. The molecule has 0 radical (unpaired) electrons. The Hall–Kier alpha value is -2.73. The van der Waals surface area contributed by atoms with Crippen molar-refractivity contribution in [2.24, 2.45) is 11.8 Å². The van der Waals surface area contributed by atoms with Crippen LogP contribution in [0.4, 0.5) is 0 Å². The van der Waals surface area contributed by atoms with Gasteiger partial charge in [-0.15, -0.1) is 11.3 Å². The minimum absolute atomic E-state index is 0.223. The van der Waals surface area contributed by atoms with Crippen LogP contribution in [0.15, 0.2) is 60.0 Å². The molecule has 1 fully saturated rings. The zero-order chi connectivity index (χ0) is 18.8. The number of nitrogens with zero attached hydrogens (tertiary/aromatic N) is 1. The lowest BCUT2D eigenvalue weighted by Crippen LogP contribution is -2.42. The summed E-state index contributed by atoms with van der Waals surface area (Å²) < 4.78 is 0. The zero-order valence-electron chi connectivity index (χ0n) is 14.7. The number of rotatable bonds is 5. The summed E-state index contributed by atoms with van der Waals surface area (Å²) in [5, 5.41) is 4.96. The maximum atomic E-state index is 12.7. The number of nitrogens with one attached hydrogen (secondary N) is 1. The number of carbonyl (C=O) groups excluding carboxylic acids is 3. The van der Waals surface area contributed by atoms with Crippen LogP contribution in [0.2, 0.25) is 0 Å². The second-order valence-electron chi connectivity index (χ2n) is 6.85. The van der Waals surface area contributed by atoms with E-state index in [2.05, 4.69) is 5.32 Å². The van der Waals surface area contributed by atoms with Gasteiger partial charge in [-0.25, -0.2) is 0 Å². The fraction of sp³-hybridized carbons (Fsp3) is 0.286. The normalized spacial score (nSPS) is 22.6. The first-order valence-corrected chi connectivity index (χ1v) is 9.91. The number of carbonyl (C=O) groups is 3. The number of likely N-dealkylation sites (tertiary alicyclic amines) is 1. The van der Waals surface area contributed by atoms with Crippen molar-refractivity contribution in [3.63, 3.8) is 0 Å². The number of fused-ring (bicyclic) bond motifs is 1. The monoisotopic (exact) mass is 380 g/mol. The fourth-order valence-corrected chi connectivity index (χ4v) is 4.60. The van der Waals surface area contributed by atoms with E-state index in [1.807, 2.05) is 60.0 Å². The first kappa shape index (κ1) is 17.7. The van der Waals surface area contributed by atoms with E-state index in [0.29, 0.717) is 12.8 Å². The standard InChI is InChI=1S/C21H20N2O3S/c24-18(13-23-20(25)15-9-4-5-10-16(15)21(23)26)22-19(17-11-6-12-27-17)14-7-2-1-3-8-14/h1-8,11-12,15-16,19H,9-10,13H2,(H,22,24)/t15-,16-,19+/m0/s1. The number of thiophene rings is 1. The maximum Gasteiger partial charge on any atom is 0.240 e. The van der Waals surface area contributed by atoms with Gasteiger partial charge in [0.2, 0.25) is 17.7 Å². The molecule has 0 unspecified atom stereocenters. The zero-order valence-corrected chi connectivity index (χ0v) is 15.5. The average molecular weight is 380 g/mol. The van der Waals surface area contributed by atoms with Crippen LogP contribution in [0, 0.1) is 11.8 Å². The number of allylic oxidation sites excluding steroid dienone is 2. The molecule has 3 atom stereocenters. The van der Waals surface area contributed by atoms with Crippen LogP contribution in [0.1, 0.15) is 29.3 Å². The largest absolute Gasteiger partial charge is 0.343 e. The Morgan fingerprint density at radius 3 is 2.30 bits per heavy atom. The molecule has 3 amide bonds. The highest BCUT2D eigenvalue weighted by Gasteiger charge is 2.47. The lowest BCUT2D eigenvalue weighted by molar-refractivity contribution is -0.143. The highest BCUT2D eigenvalue weighted by Crippen LogP contribution is 2.35. The molecule has 1 aliphatic heterocycles. The van der Waals surface area contributed by atoms with E-state index < -0.39 is 0 Å². The predicted octanol–water partition coefficient (Wildman–Crippen LogP) is 2.90. The van der Waals surface area contributed by atoms with Crippen LogP contribution in [-0.2, 0) is 14.4 Å². The first-order chi connectivity index (χ1) is 13.1. The van der Waals surface area contributed by atoms with E-state index in [-0.39, 0.29) is 42.1 Å². The Kier molecular flexibility index (Phi) is 4.90. The highest BCUT2D eigenvalue weighted by molar-refractivity contribution is 7.10. The van der Waals surface area contributed by atoms with Crippen molar-refractivity contribution in [1.29, 1.82) is 0 Å². The Morgan fingerprint density at radius 1 is 1.04 bits per heavy atom. The Labute approximate surface area is 161 Å². The van der Waals surface area contributed by atoms with Crippen molar-refractivity contribution >= 4 is 29.1 Å². The van der Waals surface area contributed by atoms with Crippen LogP contribution in [0.5, 0.6) is 0 Å². The molecule has 2 aliphatic rings. The van der Waals surface area contributed by atoms with Crippen LogP contribution in [0.25, 0.3) is 0 Å². The van der Waals surface area contributed by atoms with Crippen molar-refractivity contribution in [2.75, 3.05) is 6.54 Å². The minimum Gasteiger partial charge on any atom is -0.343 e.